The molecule has 2 amide bonds. The van der Waals surface area contributed by atoms with Gasteiger partial charge in [0.1, 0.15) is 0 Å². The highest BCUT2D eigenvalue weighted by atomic mass is 16.2. The fraction of sp³-hybridized carbons (Fsp3) is 0.667. The number of fused-ring (bicyclic) bond motifs is 5. The molecule has 0 radical (unpaired) electrons. The van der Waals surface area contributed by atoms with Crippen LogP contribution < -0.4 is 0 Å². The van der Waals surface area contributed by atoms with Crippen molar-refractivity contribution in [2.24, 2.45) is 23.7 Å². The van der Waals surface area contributed by atoms with E-state index in [-0.39, 0.29) is 23.7 Å². The molecule has 1 saturated carbocycles. The Morgan fingerprint density at radius 2 is 1.73 bits per heavy atom. The second-order valence-electron chi connectivity index (χ2n) is 4.83. The van der Waals surface area contributed by atoms with Crippen LogP contribution in [0.4, 0.5) is 0 Å². The molecular weight excluding hydrogens is 190 g/mol. The van der Waals surface area contributed by atoms with E-state index in [9.17, 15) is 9.59 Å². The smallest absolute Gasteiger partial charge is 0.233 e. The van der Waals surface area contributed by atoms with Gasteiger partial charge in [0.25, 0.3) is 0 Å². The third kappa shape index (κ3) is 1.01. The van der Waals surface area contributed by atoms with Crippen molar-refractivity contribution in [2.45, 2.75) is 19.8 Å². The number of imide groups is 1. The first-order valence-corrected chi connectivity index (χ1v) is 5.77. The summed E-state index contributed by atoms with van der Waals surface area (Å²) >= 11 is 0. The second kappa shape index (κ2) is 2.94. The Morgan fingerprint density at radius 3 is 2.20 bits per heavy atom. The Balaban J connectivity index is 1.93. The fourth-order valence-electron chi connectivity index (χ4n) is 3.41. The van der Waals surface area contributed by atoms with Crippen molar-refractivity contribution in [1.29, 1.82) is 0 Å². The van der Waals surface area contributed by atoms with Crippen molar-refractivity contribution in [1.82, 2.24) is 4.90 Å². The molecule has 80 valence electrons. The molecule has 0 unspecified atom stereocenters. The van der Waals surface area contributed by atoms with Crippen LogP contribution in [0.25, 0.3) is 0 Å². The summed E-state index contributed by atoms with van der Waals surface area (Å²) in [6.07, 6.45) is 6.14. The van der Waals surface area contributed by atoms with E-state index in [1.54, 1.807) is 0 Å². The van der Waals surface area contributed by atoms with Gasteiger partial charge in [-0.15, -0.1) is 0 Å². The third-order valence-electron chi connectivity index (χ3n) is 4.01. The third-order valence-corrected chi connectivity index (χ3v) is 4.01. The maximum atomic E-state index is 12.0. The van der Waals surface area contributed by atoms with Gasteiger partial charge in [-0.25, -0.2) is 0 Å². The summed E-state index contributed by atoms with van der Waals surface area (Å²) in [6.45, 7) is 2.60. The molecule has 0 aromatic carbocycles. The van der Waals surface area contributed by atoms with Crippen LogP contribution in [-0.4, -0.2) is 23.3 Å². The number of hydrogen-bond donors (Lipinski definition) is 0. The normalized spacial score (nSPS) is 41.8. The molecule has 2 bridgehead atoms. The Labute approximate surface area is 89.1 Å². The molecular formula is C12H15NO2. The predicted octanol–water partition coefficient (Wildman–Crippen LogP) is 1.20. The average molecular weight is 205 g/mol. The molecule has 0 aromatic rings. The van der Waals surface area contributed by atoms with Gasteiger partial charge in [-0.05, 0) is 24.7 Å². The van der Waals surface area contributed by atoms with Crippen LogP contribution in [0.1, 0.15) is 19.8 Å². The number of amides is 2. The van der Waals surface area contributed by atoms with E-state index in [4.69, 9.17) is 0 Å². The number of rotatable bonds is 2. The van der Waals surface area contributed by atoms with E-state index >= 15 is 0 Å². The summed E-state index contributed by atoms with van der Waals surface area (Å²) < 4.78 is 0. The summed E-state index contributed by atoms with van der Waals surface area (Å²) in [7, 11) is 0. The van der Waals surface area contributed by atoms with Crippen molar-refractivity contribution in [3.05, 3.63) is 12.2 Å². The highest BCUT2D eigenvalue weighted by Crippen LogP contribution is 2.52. The lowest BCUT2D eigenvalue weighted by Crippen LogP contribution is -2.33. The van der Waals surface area contributed by atoms with Crippen LogP contribution in [-0.2, 0) is 9.59 Å². The quantitative estimate of drug-likeness (QED) is 0.502. The van der Waals surface area contributed by atoms with Gasteiger partial charge in [-0.1, -0.05) is 19.1 Å². The molecule has 0 spiro atoms. The molecule has 1 heterocycles. The molecule has 3 aliphatic rings. The monoisotopic (exact) mass is 205 g/mol. The van der Waals surface area contributed by atoms with E-state index in [0.717, 1.165) is 12.8 Å². The Bertz CT molecular complexity index is 331. The molecule has 15 heavy (non-hydrogen) atoms. The van der Waals surface area contributed by atoms with E-state index in [1.807, 2.05) is 6.92 Å². The summed E-state index contributed by atoms with van der Waals surface area (Å²) in [4.78, 5) is 25.6. The zero-order valence-corrected chi connectivity index (χ0v) is 8.85. The number of carbonyl (C=O) groups excluding carboxylic acids is 2. The molecule has 0 aromatic heterocycles. The van der Waals surface area contributed by atoms with Crippen molar-refractivity contribution in [3.8, 4) is 0 Å². The number of nitrogens with zero attached hydrogens (tertiary/aromatic N) is 1. The van der Waals surface area contributed by atoms with Gasteiger partial charge in [-0.2, -0.15) is 0 Å². The lowest BCUT2D eigenvalue weighted by molar-refractivity contribution is -0.140. The van der Waals surface area contributed by atoms with Gasteiger partial charge in [-0.3, -0.25) is 14.5 Å². The van der Waals surface area contributed by atoms with E-state index < -0.39 is 0 Å². The molecule has 4 atom stereocenters. The predicted molar refractivity (Wildman–Crippen MR) is 54.7 cm³/mol. The van der Waals surface area contributed by atoms with Crippen LogP contribution in [0.2, 0.25) is 0 Å². The molecule has 0 N–H and O–H groups in total. The maximum Gasteiger partial charge on any atom is 0.233 e. The number of carbonyl (C=O) groups is 2. The lowest BCUT2D eigenvalue weighted by Gasteiger charge is -2.15. The average Bonchev–Trinajstić information content (AvgIpc) is 2.87. The molecule has 1 saturated heterocycles. The SMILES string of the molecule is CCCN1C(=O)[C@@H]2[C@H](C1=O)[C@H]1C=C[C@@H]2C1. The second-order valence-corrected chi connectivity index (χ2v) is 4.83. The van der Waals surface area contributed by atoms with Gasteiger partial charge >= 0.3 is 0 Å². The summed E-state index contributed by atoms with van der Waals surface area (Å²) in [5.74, 6) is 0.835. The summed E-state index contributed by atoms with van der Waals surface area (Å²) in [5, 5.41) is 0. The molecule has 2 fully saturated rings. The first kappa shape index (κ1) is 9.13. The Hall–Kier alpha value is -1.12. The van der Waals surface area contributed by atoms with Crippen LogP contribution in [0.3, 0.4) is 0 Å². The van der Waals surface area contributed by atoms with Gasteiger partial charge < -0.3 is 0 Å². The van der Waals surface area contributed by atoms with Gasteiger partial charge in [0, 0.05) is 6.54 Å². The topological polar surface area (TPSA) is 37.4 Å². The van der Waals surface area contributed by atoms with Crippen molar-refractivity contribution in [2.75, 3.05) is 6.54 Å². The number of hydrogen-bond acceptors (Lipinski definition) is 2. The minimum atomic E-state index is -0.0148. The fourth-order valence-corrected chi connectivity index (χ4v) is 3.41. The molecule has 3 heteroatoms. The zero-order valence-electron chi connectivity index (χ0n) is 8.85. The van der Waals surface area contributed by atoms with Crippen molar-refractivity contribution in [3.63, 3.8) is 0 Å². The van der Waals surface area contributed by atoms with Crippen LogP contribution in [0.15, 0.2) is 12.2 Å². The molecule has 2 aliphatic carbocycles. The standard InChI is InChI=1S/C12H15NO2/c1-2-5-13-11(14)9-7-3-4-8(6-7)10(9)12(13)15/h3-4,7-10H,2,5-6H2,1H3/t7-,8+,9+,10-. The minimum absolute atomic E-state index is 0.0148. The highest BCUT2D eigenvalue weighted by molar-refractivity contribution is 6.06. The summed E-state index contributed by atoms with van der Waals surface area (Å²) in [5.41, 5.74) is 0. The molecule has 3 nitrogen and oxygen atoms in total. The number of likely N-dealkylation sites (tertiary alicyclic amines) is 1. The minimum Gasteiger partial charge on any atom is -0.282 e. The first-order valence-electron chi connectivity index (χ1n) is 5.77. The summed E-state index contributed by atoms with van der Waals surface area (Å²) in [6, 6.07) is 0. The van der Waals surface area contributed by atoms with E-state index in [0.29, 0.717) is 18.4 Å². The number of allylic oxidation sites excluding steroid dienone is 2. The highest BCUT2D eigenvalue weighted by Gasteiger charge is 2.58. The molecule has 3 rings (SSSR count). The van der Waals surface area contributed by atoms with Crippen LogP contribution in [0.5, 0.6) is 0 Å². The largest absolute Gasteiger partial charge is 0.282 e. The Morgan fingerprint density at radius 1 is 1.20 bits per heavy atom. The zero-order chi connectivity index (χ0) is 10.6. The van der Waals surface area contributed by atoms with Gasteiger partial charge in [0.15, 0.2) is 0 Å². The van der Waals surface area contributed by atoms with Crippen molar-refractivity contribution < 1.29 is 9.59 Å². The first-order chi connectivity index (χ1) is 7.24. The Kier molecular flexibility index (Phi) is 1.79. The van der Waals surface area contributed by atoms with Crippen molar-refractivity contribution >= 4 is 11.8 Å². The van der Waals surface area contributed by atoms with E-state index in [2.05, 4.69) is 12.2 Å². The maximum absolute atomic E-state index is 12.0. The van der Waals surface area contributed by atoms with Crippen LogP contribution >= 0.6 is 0 Å². The molecule has 1 aliphatic heterocycles. The van der Waals surface area contributed by atoms with Gasteiger partial charge in [0.05, 0.1) is 11.8 Å². The van der Waals surface area contributed by atoms with E-state index in [1.165, 1.54) is 4.90 Å². The lowest BCUT2D eigenvalue weighted by atomic mass is 9.85. The van der Waals surface area contributed by atoms with Crippen LogP contribution in [0, 0.1) is 23.7 Å². The van der Waals surface area contributed by atoms with Gasteiger partial charge in [0.2, 0.25) is 11.8 Å².